The minimum absolute atomic E-state index is 0.0394. The molecule has 166 valence electrons. The molecular formula is C23H28FN3O3S. The Labute approximate surface area is 183 Å². The van der Waals surface area contributed by atoms with Gasteiger partial charge >= 0.3 is 0 Å². The fourth-order valence-electron chi connectivity index (χ4n) is 4.25. The smallest absolute Gasteiger partial charge is 0.243 e. The second-order valence-electron chi connectivity index (χ2n) is 8.21. The lowest BCUT2D eigenvalue weighted by Gasteiger charge is -2.30. The SMILES string of the molecule is O=C(NCc1ccc(N2CCCC2)cc1)C1CCN(S(=O)(=O)c2ccc(F)cc2)CC1. The molecule has 1 amide bonds. The van der Waals surface area contributed by atoms with Crippen molar-refractivity contribution in [3.05, 3.63) is 59.9 Å². The van der Waals surface area contributed by atoms with Crippen LogP contribution in [0.5, 0.6) is 0 Å². The highest BCUT2D eigenvalue weighted by molar-refractivity contribution is 7.89. The molecule has 0 saturated carbocycles. The van der Waals surface area contributed by atoms with Gasteiger partial charge in [-0.1, -0.05) is 12.1 Å². The van der Waals surface area contributed by atoms with Gasteiger partial charge < -0.3 is 10.2 Å². The van der Waals surface area contributed by atoms with Crippen LogP contribution in [0.3, 0.4) is 0 Å². The van der Waals surface area contributed by atoms with Crippen molar-refractivity contribution in [3.8, 4) is 0 Å². The Morgan fingerprint density at radius 2 is 1.55 bits per heavy atom. The van der Waals surface area contributed by atoms with E-state index in [1.165, 1.54) is 35.0 Å². The first-order chi connectivity index (χ1) is 14.9. The van der Waals surface area contributed by atoms with Crippen LogP contribution in [0.2, 0.25) is 0 Å². The molecule has 2 saturated heterocycles. The lowest BCUT2D eigenvalue weighted by Crippen LogP contribution is -2.42. The van der Waals surface area contributed by atoms with Gasteiger partial charge in [0.15, 0.2) is 0 Å². The zero-order valence-electron chi connectivity index (χ0n) is 17.5. The maximum Gasteiger partial charge on any atom is 0.243 e. The van der Waals surface area contributed by atoms with Crippen molar-refractivity contribution in [2.45, 2.75) is 37.1 Å². The molecule has 6 nitrogen and oxygen atoms in total. The first-order valence-corrected chi connectivity index (χ1v) is 12.2. The summed E-state index contributed by atoms with van der Waals surface area (Å²) in [7, 11) is -3.66. The third-order valence-electron chi connectivity index (χ3n) is 6.15. The third kappa shape index (κ3) is 5.07. The van der Waals surface area contributed by atoms with Crippen molar-refractivity contribution in [1.82, 2.24) is 9.62 Å². The van der Waals surface area contributed by atoms with Crippen molar-refractivity contribution in [1.29, 1.82) is 0 Å². The number of carbonyl (C=O) groups excluding carboxylic acids is 1. The molecule has 2 aromatic carbocycles. The molecule has 31 heavy (non-hydrogen) atoms. The van der Waals surface area contributed by atoms with E-state index in [0.717, 1.165) is 30.8 Å². The molecular weight excluding hydrogens is 417 g/mol. The van der Waals surface area contributed by atoms with Crippen LogP contribution < -0.4 is 10.2 Å². The van der Waals surface area contributed by atoms with E-state index in [9.17, 15) is 17.6 Å². The Balaban J connectivity index is 1.27. The minimum Gasteiger partial charge on any atom is -0.372 e. The van der Waals surface area contributed by atoms with Crippen molar-refractivity contribution >= 4 is 21.6 Å². The predicted molar refractivity (Wildman–Crippen MR) is 118 cm³/mol. The predicted octanol–water partition coefficient (Wildman–Crippen LogP) is 3.14. The molecule has 0 spiro atoms. The zero-order valence-corrected chi connectivity index (χ0v) is 18.3. The number of hydrogen-bond acceptors (Lipinski definition) is 4. The molecule has 8 heteroatoms. The van der Waals surface area contributed by atoms with Gasteiger partial charge in [0, 0.05) is 44.3 Å². The highest BCUT2D eigenvalue weighted by atomic mass is 32.2. The van der Waals surface area contributed by atoms with Gasteiger partial charge in [-0.3, -0.25) is 4.79 Å². The summed E-state index contributed by atoms with van der Waals surface area (Å²) in [5, 5.41) is 2.99. The second-order valence-corrected chi connectivity index (χ2v) is 10.1. The summed E-state index contributed by atoms with van der Waals surface area (Å²) in [5.74, 6) is -0.717. The van der Waals surface area contributed by atoms with Crippen LogP contribution in [-0.2, 0) is 21.4 Å². The molecule has 0 unspecified atom stereocenters. The third-order valence-corrected chi connectivity index (χ3v) is 8.06. The average molecular weight is 446 g/mol. The number of piperidine rings is 1. The first kappa shape index (κ1) is 21.8. The molecule has 0 aromatic heterocycles. The largest absolute Gasteiger partial charge is 0.372 e. The van der Waals surface area contributed by atoms with E-state index in [2.05, 4.69) is 22.3 Å². The molecule has 0 radical (unpaired) electrons. The van der Waals surface area contributed by atoms with E-state index in [1.54, 1.807) is 0 Å². The Kier molecular flexibility index (Phi) is 6.57. The van der Waals surface area contributed by atoms with Crippen LogP contribution in [0, 0.1) is 11.7 Å². The molecule has 2 fully saturated rings. The molecule has 2 aromatic rings. The first-order valence-electron chi connectivity index (χ1n) is 10.8. The van der Waals surface area contributed by atoms with Crippen molar-refractivity contribution in [2.75, 3.05) is 31.1 Å². The number of nitrogens with zero attached hydrogens (tertiary/aromatic N) is 2. The van der Waals surface area contributed by atoms with E-state index in [1.807, 2.05) is 12.1 Å². The van der Waals surface area contributed by atoms with E-state index in [-0.39, 0.29) is 29.8 Å². The number of amides is 1. The van der Waals surface area contributed by atoms with Gasteiger partial charge in [-0.2, -0.15) is 4.31 Å². The van der Waals surface area contributed by atoms with E-state index < -0.39 is 15.8 Å². The van der Waals surface area contributed by atoms with Gasteiger partial charge in [0.2, 0.25) is 15.9 Å². The average Bonchev–Trinajstić information content (AvgIpc) is 3.33. The quantitative estimate of drug-likeness (QED) is 0.742. The summed E-state index contributed by atoms with van der Waals surface area (Å²) in [6, 6.07) is 13.1. The van der Waals surface area contributed by atoms with E-state index in [0.29, 0.717) is 19.4 Å². The van der Waals surface area contributed by atoms with Gasteiger partial charge in [0.05, 0.1) is 4.90 Å². The molecule has 2 aliphatic heterocycles. The number of rotatable bonds is 6. The molecule has 1 N–H and O–H groups in total. The zero-order chi connectivity index (χ0) is 21.8. The van der Waals surface area contributed by atoms with E-state index >= 15 is 0 Å². The molecule has 4 rings (SSSR count). The monoisotopic (exact) mass is 445 g/mol. The lowest BCUT2D eigenvalue weighted by molar-refractivity contribution is -0.126. The topological polar surface area (TPSA) is 69.7 Å². The summed E-state index contributed by atoms with van der Waals surface area (Å²) in [6.07, 6.45) is 3.42. The van der Waals surface area contributed by atoms with Gasteiger partial charge in [0.25, 0.3) is 0 Å². The van der Waals surface area contributed by atoms with Gasteiger partial charge in [-0.05, 0) is 67.6 Å². The second kappa shape index (κ2) is 9.36. The fourth-order valence-corrected chi connectivity index (χ4v) is 5.72. The summed E-state index contributed by atoms with van der Waals surface area (Å²) in [6.45, 7) is 3.23. The Morgan fingerprint density at radius 1 is 0.935 bits per heavy atom. The highest BCUT2D eigenvalue weighted by Crippen LogP contribution is 2.24. The van der Waals surface area contributed by atoms with Crippen molar-refractivity contribution in [3.63, 3.8) is 0 Å². The van der Waals surface area contributed by atoms with Crippen LogP contribution in [0.25, 0.3) is 0 Å². The Hall–Kier alpha value is -2.45. The van der Waals surface area contributed by atoms with Crippen LogP contribution in [0.4, 0.5) is 10.1 Å². The molecule has 2 aliphatic rings. The van der Waals surface area contributed by atoms with Crippen LogP contribution in [0.15, 0.2) is 53.4 Å². The van der Waals surface area contributed by atoms with Gasteiger partial charge in [-0.25, -0.2) is 12.8 Å². The van der Waals surface area contributed by atoms with Gasteiger partial charge in [-0.15, -0.1) is 0 Å². The molecule has 0 aliphatic carbocycles. The standard InChI is InChI=1S/C23H28FN3O3S/c24-20-5-9-22(10-6-20)31(29,30)27-15-11-19(12-16-27)23(28)25-17-18-3-7-21(8-4-18)26-13-1-2-14-26/h3-10,19H,1-2,11-17H2,(H,25,28). The number of nitrogens with one attached hydrogen (secondary N) is 1. The van der Waals surface area contributed by atoms with Crippen molar-refractivity contribution < 1.29 is 17.6 Å². The summed E-state index contributed by atoms with van der Waals surface area (Å²) >= 11 is 0. The number of anilines is 1. The van der Waals surface area contributed by atoms with E-state index in [4.69, 9.17) is 0 Å². The maximum absolute atomic E-state index is 13.1. The summed E-state index contributed by atoms with van der Waals surface area (Å²) < 4.78 is 39.9. The number of sulfonamides is 1. The highest BCUT2D eigenvalue weighted by Gasteiger charge is 2.32. The molecule has 0 bridgehead atoms. The van der Waals surface area contributed by atoms with Crippen LogP contribution in [-0.4, -0.2) is 44.8 Å². The van der Waals surface area contributed by atoms with Gasteiger partial charge in [0.1, 0.15) is 5.82 Å². The number of hydrogen-bond donors (Lipinski definition) is 1. The van der Waals surface area contributed by atoms with Crippen molar-refractivity contribution in [2.24, 2.45) is 5.92 Å². The summed E-state index contributed by atoms with van der Waals surface area (Å²) in [5.41, 5.74) is 2.27. The molecule has 0 atom stereocenters. The Morgan fingerprint density at radius 3 is 2.16 bits per heavy atom. The number of benzene rings is 2. The maximum atomic E-state index is 13.1. The Bertz CT molecular complexity index is 995. The van der Waals surface area contributed by atoms with Crippen LogP contribution >= 0.6 is 0 Å². The minimum atomic E-state index is -3.66. The number of carbonyl (C=O) groups is 1. The number of halogens is 1. The lowest BCUT2D eigenvalue weighted by atomic mass is 9.97. The fraction of sp³-hybridized carbons (Fsp3) is 0.435. The van der Waals surface area contributed by atoms with Crippen LogP contribution in [0.1, 0.15) is 31.2 Å². The molecule has 2 heterocycles. The summed E-state index contributed by atoms with van der Waals surface area (Å²) in [4.78, 5) is 15.0. The normalized spacial score (nSPS) is 18.3.